The van der Waals surface area contributed by atoms with Crippen LogP contribution in [0.15, 0.2) is 72.8 Å². The number of ether oxygens (including phenoxy) is 2. The van der Waals surface area contributed by atoms with E-state index in [9.17, 15) is 4.79 Å². The molecule has 1 heterocycles. The van der Waals surface area contributed by atoms with Crippen molar-refractivity contribution in [1.29, 1.82) is 0 Å². The molecule has 0 aliphatic heterocycles. The van der Waals surface area contributed by atoms with Crippen molar-refractivity contribution in [2.24, 2.45) is 0 Å². The van der Waals surface area contributed by atoms with Crippen LogP contribution in [-0.2, 0) is 30.6 Å². The minimum atomic E-state index is 0.0196. The second-order valence-corrected chi connectivity index (χ2v) is 8.49. The third kappa shape index (κ3) is 6.63. The monoisotopic (exact) mass is 471 g/mol. The molecule has 0 saturated carbocycles. The van der Waals surface area contributed by atoms with E-state index < -0.39 is 0 Å². The standard InChI is InChI=1S/C29H33N3O3/c1-3-22-10-16-25(17-11-22)35-20-19-32-27-8-5-4-7-26(27)31-28(32)9-6-18-30-29(33)21-23-12-14-24(34-2)15-13-23/h4-5,7-8,10-17H,3,6,9,18-21H2,1-2H3,(H,30,33). The van der Waals surface area contributed by atoms with E-state index in [1.54, 1.807) is 7.11 Å². The topological polar surface area (TPSA) is 65.4 Å². The number of hydrogen-bond acceptors (Lipinski definition) is 4. The summed E-state index contributed by atoms with van der Waals surface area (Å²) < 4.78 is 13.4. The van der Waals surface area contributed by atoms with Crippen molar-refractivity contribution in [2.75, 3.05) is 20.3 Å². The van der Waals surface area contributed by atoms with E-state index in [-0.39, 0.29) is 5.91 Å². The fourth-order valence-electron chi connectivity index (χ4n) is 4.11. The minimum Gasteiger partial charge on any atom is -0.497 e. The molecule has 0 bridgehead atoms. The van der Waals surface area contributed by atoms with Gasteiger partial charge in [-0.2, -0.15) is 0 Å². The summed E-state index contributed by atoms with van der Waals surface area (Å²) in [5.74, 6) is 2.70. The molecule has 3 aromatic carbocycles. The average molecular weight is 472 g/mol. The quantitative estimate of drug-likeness (QED) is 0.296. The summed E-state index contributed by atoms with van der Waals surface area (Å²) in [6, 6.07) is 24.0. The summed E-state index contributed by atoms with van der Waals surface area (Å²) in [4.78, 5) is 17.2. The molecule has 6 nitrogen and oxygen atoms in total. The van der Waals surface area contributed by atoms with Crippen LogP contribution in [0.5, 0.6) is 11.5 Å². The largest absolute Gasteiger partial charge is 0.497 e. The van der Waals surface area contributed by atoms with Gasteiger partial charge in [-0.3, -0.25) is 4.79 Å². The highest BCUT2D eigenvalue weighted by Crippen LogP contribution is 2.18. The number of rotatable bonds is 12. The lowest BCUT2D eigenvalue weighted by Gasteiger charge is -2.11. The lowest BCUT2D eigenvalue weighted by molar-refractivity contribution is -0.120. The SMILES string of the molecule is CCc1ccc(OCCn2c(CCCNC(=O)Cc3ccc(OC)cc3)nc3ccccc32)cc1. The Labute approximate surface area is 206 Å². The molecule has 0 spiro atoms. The zero-order valence-electron chi connectivity index (χ0n) is 20.5. The van der Waals surface area contributed by atoms with Gasteiger partial charge in [0.2, 0.25) is 5.91 Å². The van der Waals surface area contributed by atoms with Gasteiger partial charge < -0.3 is 19.4 Å². The third-order valence-corrected chi connectivity index (χ3v) is 6.07. The number of amides is 1. The van der Waals surface area contributed by atoms with Crippen molar-refractivity contribution < 1.29 is 14.3 Å². The van der Waals surface area contributed by atoms with E-state index in [2.05, 4.69) is 35.0 Å². The summed E-state index contributed by atoms with van der Waals surface area (Å²) in [6.07, 6.45) is 2.98. The molecule has 0 atom stereocenters. The number of nitrogens with one attached hydrogen (secondary N) is 1. The second-order valence-electron chi connectivity index (χ2n) is 8.49. The van der Waals surface area contributed by atoms with Crippen LogP contribution in [0.4, 0.5) is 0 Å². The number of hydrogen-bond donors (Lipinski definition) is 1. The van der Waals surface area contributed by atoms with Crippen molar-refractivity contribution in [2.45, 2.75) is 39.2 Å². The molecule has 0 radical (unpaired) electrons. The van der Waals surface area contributed by atoms with Gasteiger partial charge in [0, 0.05) is 13.0 Å². The Hall–Kier alpha value is -3.80. The first-order valence-electron chi connectivity index (χ1n) is 12.2. The predicted molar refractivity (Wildman–Crippen MR) is 139 cm³/mol. The first kappa shape index (κ1) is 24.3. The maximum Gasteiger partial charge on any atom is 0.224 e. The number of methoxy groups -OCH3 is 1. The van der Waals surface area contributed by atoms with Gasteiger partial charge in [-0.15, -0.1) is 0 Å². The van der Waals surface area contributed by atoms with Crippen LogP contribution >= 0.6 is 0 Å². The smallest absolute Gasteiger partial charge is 0.224 e. The highest BCUT2D eigenvalue weighted by molar-refractivity contribution is 5.78. The van der Waals surface area contributed by atoms with Crippen LogP contribution in [0.25, 0.3) is 11.0 Å². The predicted octanol–water partition coefficient (Wildman–Crippen LogP) is 4.98. The van der Waals surface area contributed by atoms with Crippen LogP contribution in [0.3, 0.4) is 0 Å². The van der Waals surface area contributed by atoms with Crippen LogP contribution in [0, 0.1) is 0 Å². The van der Waals surface area contributed by atoms with Gasteiger partial charge in [-0.25, -0.2) is 4.98 Å². The number of nitrogens with zero attached hydrogens (tertiary/aromatic N) is 2. The zero-order valence-corrected chi connectivity index (χ0v) is 20.5. The lowest BCUT2D eigenvalue weighted by Crippen LogP contribution is -2.26. The molecule has 4 rings (SSSR count). The number of aromatic nitrogens is 2. The first-order valence-corrected chi connectivity index (χ1v) is 12.2. The maximum absolute atomic E-state index is 12.3. The Morgan fingerprint density at radius 1 is 0.943 bits per heavy atom. The number of benzene rings is 3. The van der Waals surface area contributed by atoms with E-state index in [4.69, 9.17) is 14.5 Å². The fraction of sp³-hybridized carbons (Fsp3) is 0.310. The molecule has 0 unspecified atom stereocenters. The average Bonchev–Trinajstić information content (AvgIpc) is 3.25. The number of para-hydroxylation sites is 2. The zero-order chi connectivity index (χ0) is 24.5. The normalized spacial score (nSPS) is 10.9. The number of imidazole rings is 1. The molecule has 4 aromatic rings. The molecule has 0 fully saturated rings. The van der Waals surface area contributed by atoms with Crippen molar-refractivity contribution in [3.05, 3.63) is 89.7 Å². The highest BCUT2D eigenvalue weighted by Gasteiger charge is 2.11. The molecular formula is C29H33N3O3. The van der Waals surface area contributed by atoms with E-state index in [1.807, 2.05) is 54.6 Å². The van der Waals surface area contributed by atoms with Gasteiger partial charge in [0.05, 0.1) is 31.1 Å². The van der Waals surface area contributed by atoms with Crippen LogP contribution in [0.2, 0.25) is 0 Å². The molecule has 1 N–H and O–H groups in total. The van der Waals surface area contributed by atoms with E-state index in [0.717, 1.165) is 59.7 Å². The molecule has 1 aromatic heterocycles. The summed E-state index contributed by atoms with van der Waals surface area (Å²) in [7, 11) is 1.63. The van der Waals surface area contributed by atoms with E-state index >= 15 is 0 Å². The molecule has 35 heavy (non-hydrogen) atoms. The van der Waals surface area contributed by atoms with Gasteiger partial charge in [-0.05, 0) is 60.4 Å². The lowest BCUT2D eigenvalue weighted by atomic mass is 10.1. The maximum atomic E-state index is 12.3. The number of carbonyl (C=O) groups excluding carboxylic acids is 1. The Morgan fingerprint density at radius 2 is 1.66 bits per heavy atom. The molecule has 182 valence electrons. The Bertz CT molecular complexity index is 1230. The Balaban J connectivity index is 1.30. The molecule has 0 saturated heterocycles. The van der Waals surface area contributed by atoms with Gasteiger partial charge in [-0.1, -0.05) is 43.3 Å². The summed E-state index contributed by atoms with van der Waals surface area (Å²) in [5.41, 5.74) is 4.36. The fourth-order valence-corrected chi connectivity index (χ4v) is 4.11. The number of fused-ring (bicyclic) bond motifs is 1. The number of carbonyl (C=O) groups is 1. The Kier molecular flexibility index (Phi) is 8.39. The highest BCUT2D eigenvalue weighted by atomic mass is 16.5. The van der Waals surface area contributed by atoms with E-state index in [1.165, 1.54) is 5.56 Å². The van der Waals surface area contributed by atoms with Crippen molar-refractivity contribution in [3.8, 4) is 11.5 Å². The third-order valence-electron chi connectivity index (χ3n) is 6.07. The van der Waals surface area contributed by atoms with Gasteiger partial charge in [0.1, 0.15) is 23.9 Å². The van der Waals surface area contributed by atoms with Crippen LogP contribution in [0.1, 0.15) is 30.3 Å². The summed E-state index contributed by atoms with van der Waals surface area (Å²) in [6.45, 7) is 4.04. The molecule has 6 heteroatoms. The summed E-state index contributed by atoms with van der Waals surface area (Å²) in [5, 5.41) is 3.03. The van der Waals surface area contributed by atoms with Crippen molar-refractivity contribution in [1.82, 2.24) is 14.9 Å². The number of aryl methyl sites for hydroxylation is 2. The van der Waals surface area contributed by atoms with Crippen LogP contribution in [-0.4, -0.2) is 35.7 Å². The first-order chi connectivity index (χ1) is 17.2. The second kappa shape index (κ2) is 12.1. The molecular weight excluding hydrogens is 438 g/mol. The van der Waals surface area contributed by atoms with Gasteiger partial charge >= 0.3 is 0 Å². The minimum absolute atomic E-state index is 0.0196. The molecule has 0 aliphatic carbocycles. The van der Waals surface area contributed by atoms with Crippen molar-refractivity contribution >= 4 is 16.9 Å². The van der Waals surface area contributed by atoms with Gasteiger partial charge in [0.25, 0.3) is 0 Å². The molecule has 0 aliphatic rings. The Morgan fingerprint density at radius 3 is 2.40 bits per heavy atom. The summed E-state index contributed by atoms with van der Waals surface area (Å²) >= 11 is 0. The van der Waals surface area contributed by atoms with Gasteiger partial charge in [0.15, 0.2) is 0 Å². The van der Waals surface area contributed by atoms with Crippen molar-refractivity contribution in [3.63, 3.8) is 0 Å². The van der Waals surface area contributed by atoms with Crippen LogP contribution < -0.4 is 14.8 Å². The van der Waals surface area contributed by atoms with E-state index in [0.29, 0.717) is 19.6 Å². The molecule has 1 amide bonds.